The second-order valence-corrected chi connectivity index (χ2v) is 7.64. The molecule has 0 bridgehead atoms. The van der Waals surface area contributed by atoms with Crippen LogP contribution in [0.3, 0.4) is 0 Å². The van der Waals surface area contributed by atoms with Crippen LogP contribution in [-0.2, 0) is 11.3 Å². The lowest BCUT2D eigenvalue weighted by atomic mass is 9.81. The van der Waals surface area contributed by atoms with Crippen molar-refractivity contribution in [1.29, 1.82) is 0 Å². The molecule has 2 fully saturated rings. The fourth-order valence-corrected chi connectivity index (χ4v) is 4.42. The summed E-state index contributed by atoms with van der Waals surface area (Å²) in [6, 6.07) is 9.65. The number of fused-ring (bicyclic) bond motifs is 1. The fourth-order valence-electron chi connectivity index (χ4n) is 4.42. The van der Waals surface area contributed by atoms with Gasteiger partial charge in [-0.1, -0.05) is 12.5 Å². The highest BCUT2D eigenvalue weighted by molar-refractivity contribution is 5.94. The highest BCUT2D eigenvalue weighted by atomic mass is 16.5. The molecule has 3 heterocycles. The van der Waals surface area contributed by atoms with Gasteiger partial charge in [-0.2, -0.15) is 0 Å². The van der Waals surface area contributed by atoms with E-state index in [-0.39, 0.29) is 11.3 Å². The summed E-state index contributed by atoms with van der Waals surface area (Å²) in [6.45, 7) is 4.78. The van der Waals surface area contributed by atoms with Gasteiger partial charge in [-0.05, 0) is 49.9 Å². The number of hydrogen-bond acceptors (Lipinski definition) is 4. The highest BCUT2D eigenvalue weighted by Gasteiger charge is 2.50. The van der Waals surface area contributed by atoms with Crippen LogP contribution in [0, 0.1) is 18.3 Å². The fraction of sp³-hybridized carbons (Fsp3) is 0.476. The number of pyridine rings is 2. The molecule has 5 heteroatoms. The molecule has 1 saturated carbocycles. The molecule has 0 unspecified atom stereocenters. The molecule has 1 aliphatic heterocycles. The van der Waals surface area contributed by atoms with Gasteiger partial charge >= 0.3 is 0 Å². The molecule has 26 heavy (non-hydrogen) atoms. The smallest absolute Gasteiger partial charge is 0.255 e. The lowest BCUT2D eigenvalue weighted by Crippen LogP contribution is -2.34. The molecule has 2 aliphatic rings. The number of ether oxygens (including phenoxy) is 1. The van der Waals surface area contributed by atoms with E-state index in [1.807, 2.05) is 42.2 Å². The molecule has 0 N–H and O–H groups in total. The molecule has 4 rings (SSSR count). The first-order chi connectivity index (χ1) is 12.7. The number of carbonyl (C=O) groups is 1. The van der Waals surface area contributed by atoms with Crippen LogP contribution in [0.4, 0.5) is 0 Å². The molecular formula is C21H25N3O2. The van der Waals surface area contributed by atoms with Crippen molar-refractivity contribution in [2.24, 2.45) is 11.3 Å². The number of aryl methyl sites for hydroxylation is 1. The average molecular weight is 351 g/mol. The third kappa shape index (κ3) is 3.36. The average Bonchev–Trinajstić information content (AvgIpc) is 3.20. The Morgan fingerprint density at radius 2 is 2.23 bits per heavy atom. The third-order valence-corrected chi connectivity index (χ3v) is 5.85. The van der Waals surface area contributed by atoms with Gasteiger partial charge in [0.15, 0.2) is 0 Å². The molecule has 2 atom stereocenters. The Labute approximate surface area is 154 Å². The van der Waals surface area contributed by atoms with Crippen LogP contribution in [0.15, 0.2) is 42.7 Å². The SMILES string of the molecule is Cc1ccc(C(=O)N2C[C@@H]3CCC[C@]3(COCc3ccccn3)C2)cn1. The minimum absolute atomic E-state index is 0.0935. The largest absolute Gasteiger partial charge is 0.375 e. The Morgan fingerprint density at radius 1 is 1.31 bits per heavy atom. The van der Waals surface area contributed by atoms with E-state index in [0.717, 1.165) is 30.9 Å². The molecule has 1 aliphatic carbocycles. The van der Waals surface area contributed by atoms with Crippen molar-refractivity contribution in [3.05, 3.63) is 59.7 Å². The first-order valence-corrected chi connectivity index (χ1v) is 9.36. The molecule has 0 aromatic carbocycles. The highest BCUT2D eigenvalue weighted by Crippen LogP contribution is 2.49. The summed E-state index contributed by atoms with van der Waals surface area (Å²) >= 11 is 0. The van der Waals surface area contributed by atoms with Crippen LogP contribution in [-0.4, -0.2) is 40.5 Å². The van der Waals surface area contributed by atoms with Crippen molar-refractivity contribution in [2.75, 3.05) is 19.7 Å². The molecule has 0 radical (unpaired) electrons. The van der Waals surface area contributed by atoms with Gasteiger partial charge in [-0.3, -0.25) is 14.8 Å². The number of amides is 1. The molecule has 2 aromatic heterocycles. The van der Waals surface area contributed by atoms with Crippen molar-refractivity contribution in [3.8, 4) is 0 Å². The standard InChI is InChI=1S/C21H25N3O2/c1-16-7-8-17(11-23-16)20(25)24-12-18-5-4-9-21(18,14-24)15-26-13-19-6-2-3-10-22-19/h2-3,6-8,10-11,18H,4-5,9,12-15H2,1H3/t18-,21+/m0/s1. The summed E-state index contributed by atoms with van der Waals surface area (Å²) in [7, 11) is 0. The first kappa shape index (κ1) is 17.2. The van der Waals surface area contributed by atoms with E-state index in [0.29, 0.717) is 24.7 Å². The molecule has 1 saturated heterocycles. The predicted octanol–water partition coefficient (Wildman–Crippen LogP) is 3.24. The zero-order chi connectivity index (χ0) is 18.0. The van der Waals surface area contributed by atoms with Gasteiger partial charge in [0, 0.05) is 36.6 Å². The number of hydrogen-bond donors (Lipinski definition) is 0. The van der Waals surface area contributed by atoms with E-state index >= 15 is 0 Å². The van der Waals surface area contributed by atoms with E-state index < -0.39 is 0 Å². The minimum Gasteiger partial charge on any atom is -0.375 e. The van der Waals surface area contributed by atoms with E-state index in [1.165, 1.54) is 12.8 Å². The number of likely N-dealkylation sites (tertiary alicyclic amines) is 1. The predicted molar refractivity (Wildman–Crippen MR) is 98.5 cm³/mol. The van der Waals surface area contributed by atoms with Gasteiger partial charge in [0.2, 0.25) is 0 Å². The van der Waals surface area contributed by atoms with Gasteiger partial charge < -0.3 is 9.64 Å². The van der Waals surface area contributed by atoms with Crippen molar-refractivity contribution >= 4 is 5.91 Å². The van der Waals surface area contributed by atoms with Crippen LogP contribution < -0.4 is 0 Å². The van der Waals surface area contributed by atoms with Crippen LogP contribution in [0.5, 0.6) is 0 Å². The Balaban J connectivity index is 1.41. The molecule has 136 valence electrons. The van der Waals surface area contributed by atoms with Gasteiger partial charge in [-0.25, -0.2) is 0 Å². The van der Waals surface area contributed by atoms with Gasteiger partial charge in [-0.15, -0.1) is 0 Å². The van der Waals surface area contributed by atoms with E-state index in [2.05, 4.69) is 9.97 Å². The third-order valence-electron chi connectivity index (χ3n) is 5.85. The van der Waals surface area contributed by atoms with E-state index in [1.54, 1.807) is 12.4 Å². The van der Waals surface area contributed by atoms with Crippen LogP contribution in [0.2, 0.25) is 0 Å². The monoisotopic (exact) mass is 351 g/mol. The molecule has 1 amide bonds. The van der Waals surface area contributed by atoms with E-state index in [4.69, 9.17) is 4.74 Å². The summed E-state index contributed by atoms with van der Waals surface area (Å²) in [5.41, 5.74) is 2.66. The van der Waals surface area contributed by atoms with Gasteiger partial charge in [0.1, 0.15) is 0 Å². The maximum absolute atomic E-state index is 12.9. The van der Waals surface area contributed by atoms with Crippen LogP contribution in [0.1, 0.15) is 41.0 Å². The quantitative estimate of drug-likeness (QED) is 0.830. The maximum Gasteiger partial charge on any atom is 0.255 e. The van der Waals surface area contributed by atoms with Gasteiger partial charge in [0.05, 0.1) is 24.5 Å². The topological polar surface area (TPSA) is 55.3 Å². The Morgan fingerprint density at radius 3 is 3.00 bits per heavy atom. The first-order valence-electron chi connectivity index (χ1n) is 9.36. The molecule has 5 nitrogen and oxygen atoms in total. The normalized spacial score (nSPS) is 24.7. The van der Waals surface area contributed by atoms with Crippen molar-refractivity contribution < 1.29 is 9.53 Å². The van der Waals surface area contributed by atoms with E-state index in [9.17, 15) is 4.79 Å². The van der Waals surface area contributed by atoms with Crippen LogP contribution >= 0.6 is 0 Å². The molecule has 2 aromatic rings. The minimum atomic E-state index is 0.0935. The van der Waals surface area contributed by atoms with Crippen LogP contribution in [0.25, 0.3) is 0 Å². The number of nitrogens with zero attached hydrogens (tertiary/aromatic N) is 3. The van der Waals surface area contributed by atoms with Gasteiger partial charge in [0.25, 0.3) is 5.91 Å². The Bertz CT molecular complexity index is 763. The zero-order valence-corrected chi connectivity index (χ0v) is 15.2. The second-order valence-electron chi connectivity index (χ2n) is 7.64. The Hall–Kier alpha value is -2.27. The molecule has 0 spiro atoms. The number of rotatable bonds is 5. The lowest BCUT2D eigenvalue weighted by molar-refractivity contribution is 0.0252. The summed E-state index contributed by atoms with van der Waals surface area (Å²) in [6.07, 6.45) is 7.03. The summed E-state index contributed by atoms with van der Waals surface area (Å²) < 4.78 is 6.04. The summed E-state index contributed by atoms with van der Waals surface area (Å²) in [5.74, 6) is 0.629. The summed E-state index contributed by atoms with van der Waals surface area (Å²) in [4.78, 5) is 23.4. The number of aromatic nitrogens is 2. The molecular weight excluding hydrogens is 326 g/mol. The Kier molecular flexibility index (Phi) is 4.72. The number of carbonyl (C=O) groups excluding carboxylic acids is 1. The maximum atomic E-state index is 12.9. The lowest BCUT2D eigenvalue weighted by Gasteiger charge is -2.28. The van der Waals surface area contributed by atoms with Crippen molar-refractivity contribution in [1.82, 2.24) is 14.9 Å². The summed E-state index contributed by atoms with van der Waals surface area (Å²) in [5, 5.41) is 0. The zero-order valence-electron chi connectivity index (χ0n) is 15.2. The van der Waals surface area contributed by atoms with Crippen molar-refractivity contribution in [3.63, 3.8) is 0 Å². The van der Waals surface area contributed by atoms with Crippen molar-refractivity contribution in [2.45, 2.75) is 32.8 Å². The second kappa shape index (κ2) is 7.16.